The lowest BCUT2D eigenvalue weighted by molar-refractivity contribution is 0.0470. The van der Waals surface area contributed by atoms with Gasteiger partial charge in [-0.3, -0.25) is 14.3 Å². The molecule has 27 heavy (non-hydrogen) atoms. The molecule has 0 aliphatic carbocycles. The summed E-state index contributed by atoms with van der Waals surface area (Å²) in [4.78, 5) is 24.9. The van der Waals surface area contributed by atoms with Gasteiger partial charge in [-0.1, -0.05) is 6.07 Å². The minimum atomic E-state index is -2.73. The van der Waals surface area contributed by atoms with Gasteiger partial charge in [-0.15, -0.1) is 0 Å². The van der Waals surface area contributed by atoms with Crippen LogP contribution < -0.4 is 5.32 Å². The predicted molar refractivity (Wildman–Crippen MR) is 92.8 cm³/mol. The van der Waals surface area contributed by atoms with Crippen LogP contribution >= 0.6 is 0 Å². The zero-order chi connectivity index (χ0) is 19.0. The van der Waals surface area contributed by atoms with E-state index >= 15 is 0 Å². The van der Waals surface area contributed by atoms with Crippen LogP contribution in [0.1, 0.15) is 6.42 Å². The number of fused-ring (bicyclic) bond motifs is 1. The lowest BCUT2D eigenvalue weighted by Crippen LogP contribution is -2.39. The third kappa shape index (κ3) is 3.25. The minimum absolute atomic E-state index is 0.00544. The summed E-state index contributed by atoms with van der Waals surface area (Å²) in [5.41, 5.74) is 2.07. The number of carboxylic acid groups (broad SMARTS) is 1. The molecular weight excluding hydrogens is 358 g/mol. The molecule has 1 aliphatic rings. The number of imidazole rings is 1. The number of nitrogens with zero attached hydrogens (tertiary/aromatic N) is 5. The number of anilines is 1. The van der Waals surface area contributed by atoms with Crippen molar-refractivity contribution in [2.24, 2.45) is 0 Å². The fourth-order valence-corrected chi connectivity index (χ4v) is 3.32. The largest absolute Gasteiger partial charge is 0.465 e. The predicted octanol–water partition coefficient (Wildman–Crippen LogP) is 2.59. The van der Waals surface area contributed by atoms with E-state index in [1.165, 1.54) is 6.20 Å². The Labute approximate surface area is 152 Å². The highest BCUT2D eigenvalue weighted by atomic mass is 19.3. The molecule has 4 heterocycles. The van der Waals surface area contributed by atoms with Crippen molar-refractivity contribution in [1.82, 2.24) is 24.3 Å². The zero-order valence-corrected chi connectivity index (χ0v) is 14.0. The van der Waals surface area contributed by atoms with E-state index in [1.807, 2.05) is 28.8 Å². The zero-order valence-electron chi connectivity index (χ0n) is 14.0. The quantitative estimate of drug-likeness (QED) is 0.729. The van der Waals surface area contributed by atoms with E-state index in [4.69, 9.17) is 5.11 Å². The first-order valence-corrected chi connectivity index (χ1v) is 8.31. The molecular formula is C17H16F2N6O2. The van der Waals surface area contributed by atoms with Gasteiger partial charge in [-0.25, -0.2) is 23.5 Å². The molecule has 0 bridgehead atoms. The van der Waals surface area contributed by atoms with Gasteiger partial charge in [0, 0.05) is 18.8 Å². The Morgan fingerprint density at radius 3 is 2.89 bits per heavy atom. The highest BCUT2D eigenvalue weighted by Crippen LogP contribution is 2.26. The van der Waals surface area contributed by atoms with Crippen molar-refractivity contribution in [3.63, 3.8) is 0 Å². The molecule has 0 radical (unpaired) electrons. The van der Waals surface area contributed by atoms with Crippen LogP contribution in [0.2, 0.25) is 0 Å². The topological polar surface area (TPSA) is 95.7 Å². The number of nitrogens with one attached hydrogen (secondary N) is 1. The highest BCUT2D eigenvalue weighted by molar-refractivity contribution is 5.66. The maximum absolute atomic E-state index is 13.1. The summed E-state index contributed by atoms with van der Waals surface area (Å²) in [6.45, 7) is -0.0359. The molecule has 0 spiro atoms. The smallest absolute Gasteiger partial charge is 0.407 e. The third-order valence-electron chi connectivity index (χ3n) is 4.55. The second-order valence-electron chi connectivity index (χ2n) is 6.28. The molecule has 8 nitrogen and oxygen atoms in total. The number of amides is 1. The summed E-state index contributed by atoms with van der Waals surface area (Å²) < 4.78 is 28.0. The summed E-state index contributed by atoms with van der Waals surface area (Å²) in [6, 6.07) is 3.82. The molecule has 0 unspecified atom stereocenters. The van der Waals surface area contributed by atoms with Gasteiger partial charge in [0.15, 0.2) is 0 Å². The van der Waals surface area contributed by atoms with Gasteiger partial charge in [-0.2, -0.15) is 0 Å². The van der Waals surface area contributed by atoms with Crippen LogP contribution in [0.25, 0.3) is 17.0 Å². The SMILES string of the molecule is O=C(O)N1C[C@H](Nc2cncc(-c3cnc4ccccn34)n2)C[C@H]1C(F)F. The van der Waals surface area contributed by atoms with E-state index in [0.29, 0.717) is 11.5 Å². The van der Waals surface area contributed by atoms with E-state index in [-0.39, 0.29) is 13.0 Å². The minimum Gasteiger partial charge on any atom is -0.465 e. The molecule has 1 amide bonds. The first-order valence-electron chi connectivity index (χ1n) is 8.31. The fraction of sp³-hybridized carbons (Fsp3) is 0.294. The van der Waals surface area contributed by atoms with Crippen molar-refractivity contribution in [3.8, 4) is 11.4 Å². The number of alkyl halides is 2. The Kier molecular flexibility index (Phi) is 4.30. The van der Waals surface area contributed by atoms with Gasteiger partial charge < -0.3 is 10.4 Å². The van der Waals surface area contributed by atoms with Crippen molar-refractivity contribution < 1.29 is 18.7 Å². The molecule has 4 rings (SSSR count). The number of halogens is 2. The van der Waals surface area contributed by atoms with Gasteiger partial charge in [0.05, 0.1) is 30.3 Å². The van der Waals surface area contributed by atoms with Crippen LogP contribution in [0.15, 0.2) is 43.0 Å². The second-order valence-corrected chi connectivity index (χ2v) is 6.28. The van der Waals surface area contributed by atoms with Crippen molar-refractivity contribution in [2.45, 2.75) is 24.9 Å². The highest BCUT2D eigenvalue weighted by Gasteiger charge is 2.40. The Morgan fingerprint density at radius 1 is 1.30 bits per heavy atom. The number of hydrogen-bond donors (Lipinski definition) is 2. The number of likely N-dealkylation sites (tertiary alicyclic amines) is 1. The van der Waals surface area contributed by atoms with Crippen LogP contribution in [0.3, 0.4) is 0 Å². The summed E-state index contributed by atoms with van der Waals surface area (Å²) in [6.07, 6.45) is 2.52. The summed E-state index contributed by atoms with van der Waals surface area (Å²) in [5.74, 6) is 0.392. The monoisotopic (exact) mass is 374 g/mol. The Balaban J connectivity index is 1.56. The molecule has 1 saturated heterocycles. The van der Waals surface area contributed by atoms with E-state index in [1.54, 1.807) is 12.4 Å². The maximum atomic E-state index is 13.1. The molecule has 1 fully saturated rings. The molecule has 1 aliphatic heterocycles. The van der Waals surface area contributed by atoms with Gasteiger partial charge in [0.1, 0.15) is 17.2 Å². The Hall–Kier alpha value is -3.30. The van der Waals surface area contributed by atoms with Gasteiger partial charge in [0.2, 0.25) is 0 Å². The number of pyridine rings is 1. The average molecular weight is 374 g/mol. The van der Waals surface area contributed by atoms with E-state index in [9.17, 15) is 13.6 Å². The third-order valence-corrected chi connectivity index (χ3v) is 4.55. The lowest BCUT2D eigenvalue weighted by Gasteiger charge is -2.19. The number of aromatic nitrogens is 4. The summed E-state index contributed by atoms with van der Waals surface area (Å²) in [7, 11) is 0. The first kappa shape index (κ1) is 17.1. The van der Waals surface area contributed by atoms with Crippen LogP contribution in [-0.2, 0) is 0 Å². The molecule has 0 aromatic carbocycles. The van der Waals surface area contributed by atoms with Crippen LogP contribution in [0.5, 0.6) is 0 Å². The summed E-state index contributed by atoms with van der Waals surface area (Å²) >= 11 is 0. The number of carbonyl (C=O) groups is 1. The summed E-state index contributed by atoms with van der Waals surface area (Å²) in [5, 5.41) is 12.1. The molecule has 140 valence electrons. The van der Waals surface area contributed by atoms with Crippen molar-refractivity contribution in [2.75, 3.05) is 11.9 Å². The average Bonchev–Trinajstić information content (AvgIpc) is 3.26. The Bertz CT molecular complexity index is 979. The van der Waals surface area contributed by atoms with Gasteiger partial charge in [-0.05, 0) is 18.6 Å². The van der Waals surface area contributed by atoms with Crippen molar-refractivity contribution in [3.05, 3.63) is 43.0 Å². The molecule has 3 aromatic rings. The van der Waals surface area contributed by atoms with Gasteiger partial charge in [0.25, 0.3) is 6.43 Å². The fourth-order valence-electron chi connectivity index (χ4n) is 3.32. The molecule has 3 aromatic heterocycles. The van der Waals surface area contributed by atoms with Crippen LogP contribution in [0, 0.1) is 0 Å². The molecule has 2 N–H and O–H groups in total. The molecule has 0 saturated carbocycles. The van der Waals surface area contributed by atoms with Crippen LogP contribution in [-0.4, -0.2) is 60.5 Å². The number of rotatable bonds is 4. The molecule has 2 atom stereocenters. The number of hydrogen-bond acceptors (Lipinski definition) is 5. The second kappa shape index (κ2) is 6.78. The van der Waals surface area contributed by atoms with Crippen LogP contribution in [0.4, 0.5) is 19.4 Å². The normalized spacial score (nSPS) is 19.7. The van der Waals surface area contributed by atoms with E-state index in [0.717, 1.165) is 16.2 Å². The lowest BCUT2D eigenvalue weighted by atomic mass is 10.2. The molecule has 10 heteroatoms. The maximum Gasteiger partial charge on any atom is 0.407 e. The standard InChI is InChI=1S/C17H16F2N6O2/c18-16(19)12-5-10(9-25(12)17(26)27)22-14-8-20-6-11(23-14)13-7-21-15-3-1-2-4-24(13)15/h1-4,6-8,10,12,16H,5,9H2,(H,22,23)(H,26,27)/t10-,12+/m1/s1. The Morgan fingerprint density at radius 2 is 2.15 bits per heavy atom. The first-order chi connectivity index (χ1) is 13.0. The van der Waals surface area contributed by atoms with E-state index < -0.39 is 24.6 Å². The van der Waals surface area contributed by atoms with Gasteiger partial charge >= 0.3 is 6.09 Å². The van der Waals surface area contributed by atoms with E-state index in [2.05, 4.69) is 20.3 Å². The van der Waals surface area contributed by atoms with Crippen molar-refractivity contribution >= 4 is 17.6 Å². The van der Waals surface area contributed by atoms with Crippen molar-refractivity contribution in [1.29, 1.82) is 0 Å².